The molecule has 17 heavy (non-hydrogen) atoms. The molecule has 1 aromatic carbocycles. The van der Waals surface area contributed by atoms with Crippen LogP contribution in [0, 0.1) is 6.92 Å². The lowest BCUT2D eigenvalue weighted by molar-refractivity contribution is -0.118. The average Bonchev–Trinajstić information content (AvgIpc) is 2.34. The van der Waals surface area contributed by atoms with Crippen LogP contribution < -0.4 is 15.4 Å². The zero-order valence-corrected chi connectivity index (χ0v) is 10.7. The molecule has 0 atom stereocenters. The fourth-order valence-electron chi connectivity index (χ4n) is 1.64. The maximum Gasteiger partial charge on any atom is 0.226 e. The zero-order chi connectivity index (χ0) is 12.8. The molecule has 0 aromatic heterocycles. The van der Waals surface area contributed by atoms with Gasteiger partial charge in [-0.05, 0) is 43.7 Å². The first-order valence-corrected chi connectivity index (χ1v) is 5.71. The number of nitrogens with zero attached hydrogens (tertiary/aromatic N) is 1. The molecule has 4 heteroatoms. The molecule has 2 N–H and O–H groups in total. The van der Waals surface area contributed by atoms with E-state index in [1.165, 1.54) is 0 Å². The second-order valence-electron chi connectivity index (χ2n) is 4.00. The van der Waals surface area contributed by atoms with Gasteiger partial charge in [0, 0.05) is 19.2 Å². The maximum absolute atomic E-state index is 11.8. The van der Waals surface area contributed by atoms with Gasteiger partial charge in [0.1, 0.15) is 5.75 Å². The number of benzene rings is 1. The molecule has 0 heterocycles. The Bertz CT molecular complexity index is 391. The molecule has 4 nitrogen and oxygen atoms in total. The Morgan fingerprint density at radius 3 is 2.71 bits per heavy atom. The smallest absolute Gasteiger partial charge is 0.226 e. The van der Waals surface area contributed by atoms with E-state index in [0.717, 1.165) is 23.4 Å². The number of methoxy groups -OCH3 is 1. The van der Waals surface area contributed by atoms with Gasteiger partial charge >= 0.3 is 0 Å². The van der Waals surface area contributed by atoms with Crippen molar-refractivity contribution in [3.8, 4) is 5.75 Å². The highest BCUT2D eigenvalue weighted by atomic mass is 16.5. The molecule has 0 saturated carbocycles. The SMILES string of the molecule is COc1ccc(N(C)C(=O)CCCN)cc1C. The van der Waals surface area contributed by atoms with Gasteiger partial charge in [-0.25, -0.2) is 0 Å². The second kappa shape index (κ2) is 6.25. The number of hydrogen-bond donors (Lipinski definition) is 1. The summed E-state index contributed by atoms with van der Waals surface area (Å²) < 4.78 is 5.19. The number of rotatable bonds is 5. The van der Waals surface area contributed by atoms with E-state index in [2.05, 4.69) is 0 Å². The predicted octanol–water partition coefficient (Wildman–Crippen LogP) is 1.71. The summed E-state index contributed by atoms with van der Waals surface area (Å²) in [5, 5.41) is 0. The molecular weight excluding hydrogens is 216 g/mol. The van der Waals surface area contributed by atoms with E-state index < -0.39 is 0 Å². The average molecular weight is 236 g/mol. The molecule has 0 fully saturated rings. The topological polar surface area (TPSA) is 55.6 Å². The lowest BCUT2D eigenvalue weighted by Crippen LogP contribution is -2.26. The van der Waals surface area contributed by atoms with Gasteiger partial charge in [-0.2, -0.15) is 0 Å². The van der Waals surface area contributed by atoms with Crippen LogP contribution >= 0.6 is 0 Å². The third-order valence-corrected chi connectivity index (χ3v) is 2.73. The molecule has 0 spiro atoms. The minimum Gasteiger partial charge on any atom is -0.496 e. The number of aryl methyl sites for hydroxylation is 1. The fraction of sp³-hybridized carbons (Fsp3) is 0.462. The number of carbonyl (C=O) groups excluding carboxylic acids is 1. The van der Waals surface area contributed by atoms with Gasteiger partial charge in [-0.15, -0.1) is 0 Å². The van der Waals surface area contributed by atoms with Gasteiger partial charge < -0.3 is 15.4 Å². The van der Waals surface area contributed by atoms with Crippen LogP contribution in [-0.2, 0) is 4.79 Å². The largest absolute Gasteiger partial charge is 0.496 e. The summed E-state index contributed by atoms with van der Waals surface area (Å²) in [6.45, 7) is 2.50. The van der Waals surface area contributed by atoms with Crippen LogP contribution in [0.4, 0.5) is 5.69 Å². The summed E-state index contributed by atoms with van der Waals surface area (Å²) in [6, 6.07) is 5.70. The Hall–Kier alpha value is -1.55. The van der Waals surface area contributed by atoms with Crippen LogP contribution in [0.2, 0.25) is 0 Å². The van der Waals surface area contributed by atoms with Crippen LogP contribution in [0.15, 0.2) is 18.2 Å². The number of anilines is 1. The number of ether oxygens (including phenoxy) is 1. The van der Waals surface area contributed by atoms with Gasteiger partial charge in [0.25, 0.3) is 0 Å². The van der Waals surface area contributed by atoms with Crippen molar-refractivity contribution < 1.29 is 9.53 Å². The third-order valence-electron chi connectivity index (χ3n) is 2.73. The molecule has 1 rings (SSSR count). The van der Waals surface area contributed by atoms with Crippen LogP contribution in [0.5, 0.6) is 5.75 Å². The van der Waals surface area contributed by atoms with Crippen molar-refractivity contribution in [2.45, 2.75) is 19.8 Å². The van der Waals surface area contributed by atoms with Crippen molar-refractivity contribution in [1.82, 2.24) is 0 Å². The van der Waals surface area contributed by atoms with Crippen molar-refractivity contribution in [2.24, 2.45) is 5.73 Å². The summed E-state index contributed by atoms with van der Waals surface area (Å²) in [6.07, 6.45) is 1.20. The first-order valence-electron chi connectivity index (χ1n) is 5.71. The summed E-state index contributed by atoms with van der Waals surface area (Å²) in [5.74, 6) is 0.913. The molecule has 0 bridgehead atoms. The monoisotopic (exact) mass is 236 g/mol. The van der Waals surface area contributed by atoms with E-state index in [0.29, 0.717) is 13.0 Å². The zero-order valence-electron chi connectivity index (χ0n) is 10.7. The first kappa shape index (κ1) is 13.5. The van der Waals surface area contributed by atoms with Gasteiger partial charge in [-0.3, -0.25) is 4.79 Å². The van der Waals surface area contributed by atoms with E-state index in [4.69, 9.17) is 10.5 Å². The van der Waals surface area contributed by atoms with Crippen LogP contribution in [0.3, 0.4) is 0 Å². The minimum atomic E-state index is 0.0833. The van der Waals surface area contributed by atoms with Crippen molar-refractivity contribution in [3.05, 3.63) is 23.8 Å². The molecule has 94 valence electrons. The van der Waals surface area contributed by atoms with E-state index in [1.807, 2.05) is 25.1 Å². The summed E-state index contributed by atoms with van der Waals surface area (Å²) in [4.78, 5) is 13.5. The molecule has 0 unspecified atom stereocenters. The predicted molar refractivity (Wildman–Crippen MR) is 69.4 cm³/mol. The molecule has 0 saturated heterocycles. The number of nitrogens with two attached hydrogens (primary N) is 1. The highest BCUT2D eigenvalue weighted by molar-refractivity contribution is 5.92. The Labute approximate surface area is 102 Å². The fourth-order valence-corrected chi connectivity index (χ4v) is 1.64. The standard InChI is InChI=1S/C13H20N2O2/c1-10-9-11(6-7-12(10)17-3)15(2)13(16)5-4-8-14/h6-7,9H,4-5,8,14H2,1-3H3. The Balaban J connectivity index is 2.78. The van der Waals surface area contributed by atoms with Gasteiger partial charge in [-0.1, -0.05) is 0 Å². The normalized spacial score (nSPS) is 10.1. The maximum atomic E-state index is 11.8. The summed E-state index contributed by atoms with van der Waals surface area (Å²) >= 11 is 0. The van der Waals surface area contributed by atoms with Gasteiger partial charge in [0.2, 0.25) is 5.91 Å². The summed E-state index contributed by atoms with van der Waals surface area (Å²) in [7, 11) is 3.41. The molecule has 0 aliphatic heterocycles. The summed E-state index contributed by atoms with van der Waals surface area (Å²) in [5.41, 5.74) is 7.29. The van der Waals surface area contributed by atoms with Crippen LogP contribution in [0.25, 0.3) is 0 Å². The highest BCUT2D eigenvalue weighted by Crippen LogP contribution is 2.23. The minimum absolute atomic E-state index is 0.0833. The molecule has 0 aliphatic carbocycles. The number of carbonyl (C=O) groups is 1. The Morgan fingerprint density at radius 1 is 1.47 bits per heavy atom. The Morgan fingerprint density at radius 2 is 2.18 bits per heavy atom. The van der Waals surface area contributed by atoms with E-state index >= 15 is 0 Å². The molecule has 0 aliphatic rings. The van der Waals surface area contributed by atoms with E-state index in [1.54, 1.807) is 19.1 Å². The van der Waals surface area contributed by atoms with Crippen LogP contribution in [-0.4, -0.2) is 26.6 Å². The molecular formula is C13H20N2O2. The highest BCUT2D eigenvalue weighted by Gasteiger charge is 2.11. The van der Waals surface area contributed by atoms with E-state index in [9.17, 15) is 4.79 Å². The van der Waals surface area contributed by atoms with Gasteiger partial charge in [0.15, 0.2) is 0 Å². The van der Waals surface area contributed by atoms with Crippen molar-refractivity contribution in [2.75, 3.05) is 25.6 Å². The lowest BCUT2D eigenvalue weighted by Gasteiger charge is -2.18. The second-order valence-corrected chi connectivity index (χ2v) is 4.00. The van der Waals surface area contributed by atoms with Gasteiger partial charge in [0.05, 0.1) is 7.11 Å². The third kappa shape index (κ3) is 3.46. The van der Waals surface area contributed by atoms with Crippen molar-refractivity contribution in [1.29, 1.82) is 0 Å². The van der Waals surface area contributed by atoms with Crippen molar-refractivity contribution in [3.63, 3.8) is 0 Å². The lowest BCUT2D eigenvalue weighted by atomic mass is 10.2. The molecule has 0 radical (unpaired) electrons. The van der Waals surface area contributed by atoms with Crippen molar-refractivity contribution >= 4 is 11.6 Å². The Kier molecular flexibility index (Phi) is 4.97. The quantitative estimate of drug-likeness (QED) is 0.846. The van der Waals surface area contributed by atoms with E-state index in [-0.39, 0.29) is 5.91 Å². The number of hydrogen-bond acceptors (Lipinski definition) is 3. The van der Waals surface area contributed by atoms with Crippen LogP contribution in [0.1, 0.15) is 18.4 Å². The molecule has 1 aromatic rings. The first-order chi connectivity index (χ1) is 8.10. The molecule has 1 amide bonds. The number of amides is 1.